The molecule has 2 atom stereocenters. The number of hydrogen-bond acceptors (Lipinski definition) is 2. The zero-order valence-corrected chi connectivity index (χ0v) is 34.7. The van der Waals surface area contributed by atoms with Crippen LogP contribution in [0.4, 0.5) is 11.4 Å². The Morgan fingerprint density at radius 1 is 0.678 bits per heavy atom. The highest BCUT2D eigenvalue weighted by Gasteiger charge is 2.47. The first-order chi connectivity index (χ1) is 29.2. The van der Waals surface area contributed by atoms with Gasteiger partial charge in [0.25, 0.3) is 0 Å². The molecule has 7 aromatic carbocycles. The van der Waals surface area contributed by atoms with Gasteiger partial charge in [0.15, 0.2) is 8.07 Å². The maximum Gasteiger partial charge on any atom is 0.175 e. The number of allylic oxidation sites excluding steroid dienone is 9. The predicted molar refractivity (Wildman–Crippen MR) is 257 cm³/mol. The first kappa shape index (κ1) is 35.4. The molecule has 0 saturated heterocycles. The second kappa shape index (κ2) is 14.3. The van der Waals surface area contributed by atoms with Gasteiger partial charge in [-0.05, 0) is 83.0 Å². The summed E-state index contributed by atoms with van der Waals surface area (Å²) in [6, 6.07) is 61.4. The lowest BCUT2D eigenvalue weighted by atomic mass is 9.92. The maximum atomic E-state index is 4.02. The second-order valence-electron chi connectivity index (χ2n) is 15.6. The summed E-state index contributed by atoms with van der Waals surface area (Å²) >= 11 is 1.90. The molecule has 0 N–H and O–H groups in total. The maximum absolute atomic E-state index is 4.02. The molecule has 0 spiro atoms. The van der Waals surface area contributed by atoms with E-state index < -0.39 is 8.07 Å². The fraction of sp³-hybridized carbons (Fsp3) is 0.0545. The van der Waals surface area contributed by atoms with E-state index in [2.05, 4.69) is 223 Å². The van der Waals surface area contributed by atoms with E-state index >= 15 is 0 Å². The average molecular weight is 791 g/mol. The topological polar surface area (TPSA) is 8.17 Å². The SMILES string of the molecule is C=C/C=C\C=C(/C)[Si](c1ccccc1)(c1cccc(-n2c3ccccc3c3ccc4c5ccccc5sc4c32)c1)c1cccc2c1C1CC=CC=C1N2c1ccccc1. The molecule has 4 heteroatoms. The normalized spacial score (nSPS) is 16.2. The van der Waals surface area contributed by atoms with Gasteiger partial charge in [-0.1, -0.05) is 170 Å². The Labute approximate surface area is 350 Å². The molecule has 1 aliphatic heterocycles. The van der Waals surface area contributed by atoms with Gasteiger partial charge in [-0.25, -0.2) is 0 Å². The molecule has 2 aromatic heterocycles. The van der Waals surface area contributed by atoms with Crippen LogP contribution in [0, 0.1) is 0 Å². The molecule has 0 bridgehead atoms. The van der Waals surface area contributed by atoms with Crippen LogP contribution < -0.4 is 20.5 Å². The van der Waals surface area contributed by atoms with Crippen LogP contribution >= 0.6 is 11.3 Å². The Bertz CT molecular complexity index is 3240. The zero-order valence-electron chi connectivity index (χ0n) is 32.9. The molecule has 2 unspecified atom stereocenters. The lowest BCUT2D eigenvalue weighted by molar-refractivity contribution is 0.823. The van der Waals surface area contributed by atoms with E-state index in [4.69, 9.17) is 0 Å². The molecule has 0 fully saturated rings. The Hall–Kier alpha value is -6.72. The first-order valence-corrected chi connectivity index (χ1v) is 23.3. The highest BCUT2D eigenvalue weighted by molar-refractivity contribution is 7.26. The minimum Gasteiger partial charge on any atom is -0.313 e. The summed E-state index contributed by atoms with van der Waals surface area (Å²) in [5.41, 5.74) is 8.94. The monoisotopic (exact) mass is 790 g/mol. The van der Waals surface area contributed by atoms with E-state index in [-0.39, 0.29) is 5.92 Å². The van der Waals surface area contributed by atoms with E-state index in [1.807, 2.05) is 17.4 Å². The van der Waals surface area contributed by atoms with Crippen molar-refractivity contribution in [3.8, 4) is 5.69 Å². The van der Waals surface area contributed by atoms with Gasteiger partial charge >= 0.3 is 0 Å². The Kier molecular flexibility index (Phi) is 8.58. The number of anilines is 2. The number of hydrogen-bond donors (Lipinski definition) is 0. The lowest BCUT2D eigenvalue weighted by Gasteiger charge is -2.37. The van der Waals surface area contributed by atoms with Gasteiger partial charge in [0.1, 0.15) is 0 Å². The van der Waals surface area contributed by atoms with Crippen LogP contribution in [0.25, 0.3) is 47.7 Å². The van der Waals surface area contributed by atoms with Crippen molar-refractivity contribution in [1.29, 1.82) is 0 Å². The molecular formula is C55H42N2SSi. The molecule has 9 aromatic rings. The van der Waals surface area contributed by atoms with Crippen LogP contribution in [-0.4, -0.2) is 12.6 Å². The van der Waals surface area contributed by atoms with Gasteiger partial charge in [-0.15, -0.1) is 11.3 Å². The van der Waals surface area contributed by atoms with Crippen LogP contribution in [0.3, 0.4) is 0 Å². The average Bonchev–Trinajstić information content (AvgIpc) is 3.96. The van der Waals surface area contributed by atoms with Crippen molar-refractivity contribution in [2.75, 3.05) is 4.90 Å². The summed E-state index contributed by atoms with van der Waals surface area (Å²) < 4.78 is 5.19. The van der Waals surface area contributed by atoms with E-state index in [0.717, 1.165) is 6.42 Å². The molecule has 2 nitrogen and oxygen atoms in total. The summed E-state index contributed by atoms with van der Waals surface area (Å²) in [5.74, 6) is 0.236. The second-order valence-corrected chi connectivity index (χ2v) is 20.7. The van der Waals surface area contributed by atoms with Crippen molar-refractivity contribution >= 4 is 88.3 Å². The van der Waals surface area contributed by atoms with Crippen molar-refractivity contribution in [1.82, 2.24) is 4.57 Å². The third kappa shape index (κ3) is 5.37. The van der Waals surface area contributed by atoms with Crippen LogP contribution in [0.2, 0.25) is 0 Å². The summed E-state index contributed by atoms with van der Waals surface area (Å²) in [7, 11) is -3.01. The Balaban J connectivity index is 1.24. The summed E-state index contributed by atoms with van der Waals surface area (Å²) in [6.45, 7) is 6.40. The molecule has 0 radical (unpaired) electrons. The number of aromatic nitrogens is 1. The number of thiophene rings is 1. The minimum absolute atomic E-state index is 0.236. The standard InChI is InChI=1S/C55H42N2SSi/c1-3-4-7-20-38(2)59(41-24-10-6-11-25-41,52-34-19-32-50-53(52)47-29-13-16-31-49(47)56(50)39-21-8-5-9-22-39)42-26-18-23-40(37-42)57-48-30-15-12-27-43(48)45-35-36-46-44-28-14-17-33-51(44)58-55(46)54(45)57/h3-28,30-37,47H,1,29H2,2H3/b7-4-,38-20+. The fourth-order valence-corrected chi connectivity index (χ4v) is 16.5. The molecular weight excluding hydrogens is 749 g/mol. The number of benzene rings is 7. The largest absolute Gasteiger partial charge is 0.313 e. The molecule has 0 amide bonds. The highest BCUT2D eigenvalue weighted by atomic mass is 32.1. The number of para-hydroxylation sites is 2. The summed E-state index contributed by atoms with van der Waals surface area (Å²) in [5, 5.41) is 10.7. The van der Waals surface area contributed by atoms with Crippen molar-refractivity contribution in [3.05, 3.63) is 229 Å². The van der Waals surface area contributed by atoms with Crippen molar-refractivity contribution < 1.29 is 0 Å². The van der Waals surface area contributed by atoms with Crippen LogP contribution in [-0.2, 0) is 0 Å². The number of rotatable bonds is 8. The third-order valence-corrected chi connectivity index (χ3v) is 18.8. The molecule has 2 aliphatic rings. The molecule has 59 heavy (non-hydrogen) atoms. The van der Waals surface area contributed by atoms with Gasteiger partial charge in [-0.2, -0.15) is 0 Å². The van der Waals surface area contributed by atoms with E-state index in [0.29, 0.717) is 0 Å². The summed E-state index contributed by atoms with van der Waals surface area (Å²) in [6.07, 6.45) is 16.3. The predicted octanol–water partition coefficient (Wildman–Crippen LogP) is 12.9. The van der Waals surface area contributed by atoms with Gasteiger partial charge in [0, 0.05) is 54.9 Å². The molecule has 1 aliphatic carbocycles. The molecule has 11 rings (SSSR count). The minimum atomic E-state index is -3.01. The highest BCUT2D eigenvalue weighted by Crippen LogP contribution is 2.50. The molecule has 3 heterocycles. The first-order valence-electron chi connectivity index (χ1n) is 20.5. The summed E-state index contributed by atoms with van der Waals surface area (Å²) in [4.78, 5) is 2.51. The van der Waals surface area contributed by atoms with Gasteiger partial charge in [-0.3, -0.25) is 0 Å². The van der Waals surface area contributed by atoms with Gasteiger partial charge in [0.05, 0.1) is 15.7 Å². The molecule has 282 valence electrons. The van der Waals surface area contributed by atoms with Crippen molar-refractivity contribution in [3.63, 3.8) is 0 Å². The quantitative estimate of drug-likeness (QED) is 0.0845. The van der Waals surface area contributed by atoms with Crippen molar-refractivity contribution in [2.24, 2.45) is 0 Å². The third-order valence-electron chi connectivity index (χ3n) is 12.6. The van der Waals surface area contributed by atoms with Gasteiger partial charge < -0.3 is 9.47 Å². The smallest absolute Gasteiger partial charge is 0.175 e. The Morgan fingerprint density at radius 3 is 2.24 bits per heavy atom. The van der Waals surface area contributed by atoms with Crippen LogP contribution in [0.15, 0.2) is 224 Å². The van der Waals surface area contributed by atoms with E-state index in [1.54, 1.807) is 0 Å². The number of fused-ring (bicyclic) bond motifs is 10. The van der Waals surface area contributed by atoms with Crippen molar-refractivity contribution in [2.45, 2.75) is 19.3 Å². The van der Waals surface area contributed by atoms with E-state index in [9.17, 15) is 0 Å². The zero-order chi connectivity index (χ0) is 39.5. The lowest BCUT2D eigenvalue weighted by Crippen LogP contribution is -2.69. The van der Waals surface area contributed by atoms with Crippen LogP contribution in [0.5, 0.6) is 0 Å². The number of nitrogens with zero attached hydrogens (tertiary/aromatic N) is 2. The van der Waals surface area contributed by atoms with Crippen LogP contribution in [0.1, 0.15) is 24.8 Å². The Morgan fingerprint density at radius 2 is 1.39 bits per heavy atom. The van der Waals surface area contributed by atoms with Gasteiger partial charge in [0.2, 0.25) is 0 Å². The van der Waals surface area contributed by atoms with E-state index in [1.165, 1.54) is 91.1 Å². The molecule has 0 saturated carbocycles. The fourth-order valence-electron chi connectivity index (χ4n) is 10.2.